The number of nitrogens with zero attached hydrogens (tertiary/aromatic N) is 5. The van der Waals surface area contributed by atoms with Crippen molar-refractivity contribution in [1.29, 1.82) is 0 Å². The molecular formula is C16H24N6O3. The van der Waals surface area contributed by atoms with Crippen molar-refractivity contribution in [3.63, 3.8) is 0 Å². The molecule has 2 N–H and O–H groups in total. The normalized spacial score (nSPS) is 21.2. The van der Waals surface area contributed by atoms with Gasteiger partial charge in [0.15, 0.2) is 0 Å². The van der Waals surface area contributed by atoms with Gasteiger partial charge in [0.2, 0.25) is 17.7 Å². The number of likely N-dealkylation sites (tertiary alicyclic amines) is 1. The first-order valence-electron chi connectivity index (χ1n) is 8.53. The van der Waals surface area contributed by atoms with E-state index in [4.69, 9.17) is 10.5 Å². The molecule has 25 heavy (non-hydrogen) atoms. The Morgan fingerprint density at radius 2 is 1.96 bits per heavy atom. The Balaban J connectivity index is 1.56. The van der Waals surface area contributed by atoms with E-state index in [1.165, 1.54) is 0 Å². The average molecular weight is 348 g/mol. The van der Waals surface area contributed by atoms with E-state index in [-0.39, 0.29) is 11.8 Å². The smallest absolute Gasteiger partial charge is 0.314 e. The van der Waals surface area contributed by atoms with E-state index in [2.05, 4.69) is 9.97 Å². The first-order chi connectivity index (χ1) is 12.1. The molecule has 0 saturated carbocycles. The number of amides is 3. The Morgan fingerprint density at radius 3 is 2.64 bits per heavy atom. The van der Waals surface area contributed by atoms with Gasteiger partial charge in [-0.1, -0.05) is 0 Å². The Bertz CT molecular complexity index is 632. The summed E-state index contributed by atoms with van der Waals surface area (Å²) in [5.74, 6) is 1.10. The number of piperidine rings is 1. The fraction of sp³-hybridized carbons (Fsp3) is 0.625. The molecule has 0 bridgehead atoms. The zero-order valence-electron chi connectivity index (χ0n) is 14.4. The van der Waals surface area contributed by atoms with E-state index >= 15 is 0 Å². The van der Waals surface area contributed by atoms with Crippen LogP contribution in [0.5, 0.6) is 5.88 Å². The minimum atomic E-state index is -0.447. The number of ether oxygens (including phenoxy) is 1. The zero-order chi connectivity index (χ0) is 17.8. The number of piperazine rings is 1. The van der Waals surface area contributed by atoms with Gasteiger partial charge in [-0.05, 0) is 12.8 Å². The van der Waals surface area contributed by atoms with Gasteiger partial charge in [0.05, 0.1) is 13.0 Å². The Kier molecular flexibility index (Phi) is 5.20. The molecule has 0 unspecified atom stereocenters. The summed E-state index contributed by atoms with van der Waals surface area (Å²) in [5.41, 5.74) is 5.35. The molecule has 1 atom stereocenters. The summed E-state index contributed by atoms with van der Waals surface area (Å²) < 4.78 is 5.13. The topological polar surface area (TPSA) is 105 Å². The summed E-state index contributed by atoms with van der Waals surface area (Å²) in [6.07, 6.45) is 3.29. The molecular weight excluding hydrogens is 324 g/mol. The highest BCUT2D eigenvalue weighted by atomic mass is 16.5. The number of nitrogens with two attached hydrogens (primary N) is 1. The van der Waals surface area contributed by atoms with Crippen LogP contribution in [0, 0.1) is 5.92 Å². The van der Waals surface area contributed by atoms with Crippen molar-refractivity contribution < 1.29 is 14.3 Å². The lowest BCUT2D eigenvalue weighted by Gasteiger charge is -2.38. The first-order valence-corrected chi connectivity index (χ1v) is 8.53. The average Bonchev–Trinajstić information content (AvgIpc) is 2.67. The van der Waals surface area contributed by atoms with E-state index in [0.717, 1.165) is 12.8 Å². The van der Waals surface area contributed by atoms with E-state index in [1.54, 1.807) is 24.3 Å². The summed E-state index contributed by atoms with van der Waals surface area (Å²) in [6.45, 7) is 3.64. The highest BCUT2D eigenvalue weighted by Gasteiger charge is 2.32. The first kappa shape index (κ1) is 17.2. The number of hydrogen-bond acceptors (Lipinski definition) is 6. The van der Waals surface area contributed by atoms with E-state index in [0.29, 0.717) is 51.1 Å². The molecule has 0 aromatic carbocycles. The van der Waals surface area contributed by atoms with E-state index < -0.39 is 6.03 Å². The largest absolute Gasteiger partial charge is 0.481 e. The second-order valence-electron chi connectivity index (χ2n) is 6.33. The van der Waals surface area contributed by atoms with Gasteiger partial charge in [-0.15, -0.1) is 0 Å². The Hall–Kier alpha value is -2.58. The molecule has 1 aromatic rings. The number of carbonyl (C=O) groups excluding carboxylic acids is 2. The SMILES string of the molecule is COc1ccnc(N2CCN(C(=O)[C@@H]3CCCN(C(N)=O)C3)CC2)n1. The van der Waals surface area contributed by atoms with Crippen molar-refractivity contribution in [3.8, 4) is 5.88 Å². The van der Waals surface area contributed by atoms with Crippen molar-refractivity contribution in [1.82, 2.24) is 19.8 Å². The molecule has 2 saturated heterocycles. The van der Waals surface area contributed by atoms with Crippen LogP contribution in [0.15, 0.2) is 12.3 Å². The monoisotopic (exact) mass is 348 g/mol. The Labute approximate surface area is 146 Å². The van der Waals surface area contributed by atoms with Crippen LogP contribution in [-0.4, -0.2) is 78.1 Å². The minimum Gasteiger partial charge on any atom is -0.481 e. The van der Waals surface area contributed by atoms with Gasteiger partial charge in [-0.25, -0.2) is 9.78 Å². The fourth-order valence-electron chi connectivity index (χ4n) is 3.36. The van der Waals surface area contributed by atoms with E-state index in [9.17, 15) is 9.59 Å². The van der Waals surface area contributed by atoms with Crippen LogP contribution in [-0.2, 0) is 4.79 Å². The minimum absolute atomic E-state index is 0.108. The van der Waals surface area contributed by atoms with E-state index in [1.807, 2.05) is 9.80 Å². The van der Waals surface area contributed by atoms with Crippen molar-refractivity contribution in [3.05, 3.63) is 12.3 Å². The highest BCUT2D eigenvalue weighted by molar-refractivity contribution is 5.81. The standard InChI is InChI=1S/C16H24N6O3/c1-25-13-4-5-18-16(19-13)21-9-7-20(8-10-21)14(23)12-3-2-6-22(11-12)15(17)24/h4-5,12H,2-3,6-11H2,1H3,(H2,17,24)/t12-/m1/s1. The molecule has 136 valence electrons. The third kappa shape index (κ3) is 3.92. The maximum absolute atomic E-state index is 12.7. The zero-order valence-corrected chi connectivity index (χ0v) is 14.4. The highest BCUT2D eigenvalue weighted by Crippen LogP contribution is 2.21. The third-order valence-electron chi connectivity index (χ3n) is 4.78. The number of urea groups is 1. The predicted octanol–water partition coefficient (Wildman–Crippen LogP) is -0.0755. The number of carbonyl (C=O) groups is 2. The molecule has 2 fully saturated rings. The molecule has 0 spiro atoms. The summed E-state index contributed by atoms with van der Waals surface area (Å²) >= 11 is 0. The van der Waals surface area contributed by atoms with Gasteiger partial charge >= 0.3 is 6.03 Å². The molecule has 2 aliphatic rings. The molecule has 2 aliphatic heterocycles. The molecule has 9 nitrogen and oxygen atoms in total. The molecule has 9 heteroatoms. The fourth-order valence-corrected chi connectivity index (χ4v) is 3.36. The Morgan fingerprint density at radius 1 is 1.20 bits per heavy atom. The predicted molar refractivity (Wildman–Crippen MR) is 91.3 cm³/mol. The number of rotatable bonds is 3. The van der Waals surface area contributed by atoms with Gasteiger partial charge in [-0.3, -0.25) is 4.79 Å². The summed E-state index contributed by atoms with van der Waals surface area (Å²) in [4.78, 5) is 38.2. The number of methoxy groups -OCH3 is 1. The number of hydrogen-bond donors (Lipinski definition) is 1. The lowest BCUT2D eigenvalue weighted by Crippen LogP contribution is -2.53. The lowest BCUT2D eigenvalue weighted by molar-refractivity contribution is -0.137. The van der Waals surface area contributed by atoms with Crippen LogP contribution in [0.3, 0.4) is 0 Å². The summed E-state index contributed by atoms with van der Waals surface area (Å²) in [6, 6.07) is 1.26. The van der Waals surface area contributed by atoms with Crippen LogP contribution >= 0.6 is 0 Å². The van der Waals surface area contributed by atoms with Crippen molar-refractivity contribution in [2.24, 2.45) is 11.7 Å². The second kappa shape index (κ2) is 7.54. The van der Waals surface area contributed by atoms with Gasteiger partial charge in [0.25, 0.3) is 0 Å². The number of aromatic nitrogens is 2. The van der Waals surface area contributed by atoms with Crippen LogP contribution in [0.4, 0.5) is 10.7 Å². The van der Waals surface area contributed by atoms with Crippen LogP contribution in [0.25, 0.3) is 0 Å². The quantitative estimate of drug-likeness (QED) is 0.819. The summed E-state index contributed by atoms with van der Waals surface area (Å²) in [7, 11) is 1.57. The molecule has 3 amide bonds. The third-order valence-corrected chi connectivity index (χ3v) is 4.78. The number of primary amides is 1. The molecule has 0 aliphatic carbocycles. The van der Waals surface area contributed by atoms with Crippen molar-refractivity contribution >= 4 is 17.9 Å². The van der Waals surface area contributed by atoms with Crippen LogP contribution < -0.4 is 15.4 Å². The van der Waals surface area contributed by atoms with Gasteiger partial charge < -0.3 is 25.2 Å². The molecule has 3 heterocycles. The number of anilines is 1. The van der Waals surface area contributed by atoms with Crippen molar-refractivity contribution in [2.45, 2.75) is 12.8 Å². The van der Waals surface area contributed by atoms with Gasteiger partial charge in [0, 0.05) is 51.5 Å². The van der Waals surface area contributed by atoms with Gasteiger partial charge in [-0.2, -0.15) is 4.98 Å². The summed E-state index contributed by atoms with van der Waals surface area (Å²) in [5, 5.41) is 0. The van der Waals surface area contributed by atoms with Crippen molar-refractivity contribution in [2.75, 3.05) is 51.3 Å². The molecule has 1 aromatic heterocycles. The van der Waals surface area contributed by atoms with Gasteiger partial charge in [0.1, 0.15) is 0 Å². The molecule has 0 radical (unpaired) electrons. The maximum Gasteiger partial charge on any atom is 0.314 e. The molecule has 3 rings (SSSR count). The van der Waals surface area contributed by atoms with Crippen LogP contribution in [0.2, 0.25) is 0 Å². The second-order valence-corrected chi connectivity index (χ2v) is 6.33. The lowest BCUT2D eigenvalue weighted by atomic mass is 9.96. The van der Waals surface area contributed by atoms with Crippen LogP contribution in [0.1, 0.15) is 12.8 Å². The maximum atomic E-state index is 12.7.